The smallest absolute Gasteiger partial charge is 0.245 e. The summed E-state index contributed by atoms with van der Waals surface area (Å²) in [4.78, 5) is 11.4. The molecule has 0 unspecified atom stereocenters. The highest BCUT2D eigenvalue weighted by Crippen LogP contribution is 2.30. The van der Waals surface area contributed by atoms with Crippen molar-refractivity contribution in [3.63, 3.8) is 0 Å². The van der Waals surface area contributed by atoms with E-state index >= 15 is 0 Å². The quantitative estimate of drug-likeness (QED) is 0.776. The summed E-state index contributed by atoms with van der Waals surface area (Å²) in [6.45, 7) is 4.13. The molecular formula is C16H17ClN6O. The van der Waals surface area contributed by atoms with Crippen LogP contribution in [0.5, 0.6) is 0 Å². The first-order valence-electron chi connectivity index (χ1n) is 7.97. The summed E-state index contributed by atoms with van der Waals surface area (Å²) in [5.74, 6) is 2.02. The van der Waals surface area contributed by atoms with Gasteiger partial charge in [-0.15, -0.1) is 0 Å². The van der Waals surface area contributed by atoms with E-state index in [1.54, 1.807) is 0 Å². The molecule has 0 amide bonds. The number of halogens is 1. The van der Waals surface area contributed by atoms with Gasteiger partial charge in [0.2, 0.25) is 11.3 Å². The van der Waals surface area contributed by atoms with Crippen LogP contribution in [-0.4, -0.2) is 33.4 Å². The van der Waals surface area contributed by atoms with Crippen LogP contribution >= 0.6 is 11.6 Å². The van der Waals surface area contributed by atoms with Gasteiger partial charge >= 0.3 is 0 Å². The molecule has 3 aromatic rings. The zero-order valence-electron chi connectivity index (χ0n) is 13.2. The number of anilines is 3. The summed E-state index contributed by atoms with van der Waals surface area (Å²) in [7, 11) is 0. The average Bonchev–Trinajstić information content (AvgIpc) is 3.01. The highest BCUT2D eigenvalue weighted by molar-refractivity contribution is 6.30. The Morgan fingerprint density at radius 1 is 1.25 bits per heavy atom. The second-order valence-electron chi connectivity index (χ2n) is 6.14. The molecule has 124 valence electrons. The molecule has 2 aromatic heterocycles. The lowest BCUT2D eigenvalue weighted by Crippen LogP contribution is -2.35. The SMILES string of the molecule is C[C@H]1CCCN(c2nc3nonc3nc2Nc2cccc(Cl)c2)C1. The molecule has 1 fully saturated rings. The lowest BCUT2D eigenvalue weighted by molar-refractivity contribution is 0.314. The summed E-state index contributed by atoms with van der Waals surface area (Å²) in [6, 6.07) is 7.49. The summed E-state index contributed by atoms with van der Waals surface area (Å²) in [5.41, 5.74) is 1.65. The van der Waals surface area contributed by atoms with Gasteiger partial charge in [-0.3, -0.25) is 0 Å². The second kappa shape index (κ2) is 6.24. The first kappa shape index (κ1) is 15.1. The summed E-state index contributed by atoms with van der Waals surface area (Å²) < 4.78 is 4.76. The standard InChI is InChI=1S/C16H17ClN6O/c1-10-4-3-7-23(9-10)16-15(18-12-6-2-5-11(17)8-12)19-13-14(20-16)22-24-21-13/h2,5-6,8,10H,3-4,7,9H2,1H3,(H,18,19,21)/t10-/m0/s1. The number of nitrogens with zero attached hydrogens (tertiary/aromatic N) is 5. The molecule has 0 saturated carbocycles. The molecule has 1 atom stereocenters. The monoisotopic (exact) mass is 344 g/mol. The van der Waals surface area contributed by atoms with Gasteiger partial charge in [-0.25, -0.2) is 14.6 Å². The Hall–Kier alpha value is -2.41. The van der Waals surface area contributed by atoms with Crippen molar-refractivity contribution in [2.24, 2.45) is 5.92 Å². The van der Waals surface area contributed by atoms with Gasteiger partial charge in [-0.05, 0) is 47.3 Å². The van der Waals surface area contributed by atoms with Crippen LogP contribution in [0.1, 0.15) is 19.8 Å². The molecule has 1 aliphatic heterocycles. The van der Waals surface area contributed by atoms with Crippen molar-refractivity contribution in [1.29, 1.82) is 0 Å². The molecule has 1 aliphatic rings. The Bertz CT molecular complexity index is 867. The lowest BCUT2D eigenvalue weighted by Gasteiger charge is -2.32. The molecule has 1 N–H and O–H groups in total. The molecule has 8 heteroatoms. The minimum Gasteiger partial charge on any atom is -0.353 e. The van der Waals surface area contributed by atoms with Gasteiger partial charge in [-0.2, -0.15) is 0 Å². The summed E-state index contributed by atoms with van der Waals surface area (Å²) in [6.07, 6.45) is 2.36. The third-order valence-corrected chi connectivity index (χ3v) is 4.37. The van der Waals surface area contributed by atoms with Crippen LogP contribution in [0, 0.1) is 5.92 Å². The third kappa shape index (κ3) is 2.99. The molecule has 3 heterocycles. The highest BCUT2D eigenvalue weighted by atomic mass is 35.5. The van der Waals surface area contributed by atoms with Crippen molar-refractivity contribution in [2.45, 2.75) is 19.8 Å². The maximum atomic E-state index is 6.07. The molecule has 0 bridgehead atoms. The first-order valence-corrected chi connectivity index (χ1v) is 8.35. The highest BCUT2D eigenvalue weighted by Gasteiger charge is 2.23. The number of nitrogens with one attached hydrogen (secondary N) is 1. The van der Waals surface area contributed by atoms with Crippen LogP contribution in [0.4, 0.5) is 17.3 Å². The van der Waals surface area contributed by atoms with Gasteiger partial charge < -0.3 is 10.2 Å². The predicted octanol–water partition coefficient (Wildman–Crippen LogP) is 3.65. The molecule has 7 nitrogen and oxygen atoms in total. The van der Waals surface area contributed by atoms with Crippen LogP contribution in [0.15, 0.2) is 28.9 Å². The maximum absolute atomic E-state index is 6.07. The second-order valence-corrected chi connectivity index (χ2v) is 6.57. The number of benzene rings is 1. The summed E-state index contributed by atoms with van der Waals surface area (Å²) >= 11 is 6.07. The average molecular weight is 345 g/mol. The number of piperidine rings is 1. The Balaban J connectivity index is 1.75. The Kier molecular flexibility index (Phi) is 3.93. The van der Waals surface area contributed by atoms with Crippen molar-refractivity contribution in [3.8, 4) is 0 Å². The lowest BCUT2D eigenvalue weighted by atomic mass is 10.0. The fourth-order valence-corrected chi connectivity index (χ4v) is 3.21. The van der Waals surface area contributed by atoms with Crippen LogP contribution < -0.4 is 10.2 Å². The molecule has 0 spiro atoms. The fourth-order valence-electron chi connectivity index (χ4n) is 3.02. The van der Waals surface area contributed by atoms with Crippen molar-refractivity contribution >= 4 is 40.2 Å². The van der Waals surface area contributed by atoms with E-state index in [0.717, 1.165) is 31.0 Å². The number of hydrogen-bond acceptors (Lipinski definition) is 7. The molecule has 0 aliphatic carbocycles. The first-order chi connectivity index (χ1) is 11.7. The van der Waals surface area contributed by atoms with Gasteiger partial charge in [-0.1, -0.05) is 24.6 Å². The molecule has 1 saturated heterocycles. The number of aromatic nitrogens is 4. The van der Waals surface area contributed by atoms with E-state index < -0.39 is 0 Å². The third-order valence-electron chi connectivity index (χ3n) is 4.14. The largest absolute Gasteiger partial charge is 0.353 e. The van der Waals surface area contributed by atoms with Gasteiger partial charge in [0.15, 0.2) is 11.6 Å². The normalized spacial score (nSPS) is 18.1. The van der Waals surface area contributed by atoms with Crippen LogP contribution in [0.25, 0.3) is 11.3 Å². The molecule has 4 rings (SSSR count). The van der Waals surface area contributed by atoms with Gasteiger partial charge in [0.1, 0.15) is 0 Å². The zero-order valence-corrected chi connectivity index (χ0v) is 14.0. The van der Waals surface area contributed by atoms with Crippen LogP contribution in [-0.2, 0) is 0 Å². The molecular weight excluding hydrogens is 328 g/mol. The van der Waals surface area contributed by atoms with Gasteiger partial charge in [0.05, 0.1) is 0 Å². The van der Waals surface area contributed by atoms with Crippen molar-refractivity contribution < 1.29 is 4.63 Å². The van der Waals surface area contributed by atoms with E-state index in [1.165, 1.54) is 6.42 Å². The van der Waals surface area contributed by atoms with Gasteiger partial charge in [0, 0.05) is 23.8 Å². The topological polar surface area (TPSA) is 80.0 Å². The summed E-state index contributed by atoms with van der Waals surface area (Å²) in [5, 5.41) is 11.6. The number of hydrogen-bond donors (Lipinski definition) is 1. The zero-order chi connectivity index (χ0) is 16.5. The van der Waals surface area contributed by atoms with E-state index in [0.29, 0.717) is 28.1 Å². The predicted molar refractivity (Wildman–Crippen MR) is 92.7 cm³/mol. The molecule has 24 heavy (non-hydrogen) atoms. The Morgan fingerprint density at radius 3 is 2.88 bits per heavy atom. The van der Waals surface area contributed by atoms with E-state index in [9.17, 15) is 0 Å². The fraction of sp³-hybridized carbons (Fsp3) is 0.375. The van der Waals surface area contributed by atoms with E-state index in [4.69, 9.17) is 16.2 Å². The molecule has 1 aromatic carbocycles. The minimum atomic E-state index is 0.383. The van der Waals surface area contributed by atoms with E-state index in [2.05, 4.69) is 37.4 Å². The minimum absolute atomic E-state index is 0.383. The Morgan fingerprint density at radius 2 is 2.08 bits per heavy atom. The van der Waals surface area contributed by atoms with Crippen LogP contribution in [0.2, 0.25) is 5.02 Å². The number of fused-ring (bicyclic) bond motifs is 1. The van der Waals surface area contributed by atoms with E-state index in [1.807, 2.05) is 24.3 Å². The van der Waals surface area contributed by atoms with Crippen molar-refractivity contribution in [2.75, 3.05) is 23.3 Å². The van der Waals surface area contributed by atoms with Crippen LogP contribution in [0.3, 0.4) is 0 Å². The number of rotatable bonds is 3. The van der Waals surface area contributed by atoms with Crippen molar-refractivity contribution in [1.82, 2.24) is 20.3 Å². The maximum Gasteiger partial charge on any atom is 0.245 e. The Labute approximate surface area is 144 Å². The van der Waals surface area contributed by atoms with E-state index in [-0.39, 0.29) is 0 Å². The van der Waals surface area contributed by atoms with Crippen molar-refractivity contribution in [3.05, 3.63) is 29.3 Å². The van der Waals surface area contributed by atoms with Gasteiger partial charge in [0.25, 0.3) is 0 Å². The molecule has 0 radical (unpaired) electrons.